The molecule has 0 aromatic carbocycles. The van der Waals surface area contributed by atoms with Crippen LogP contribution in [0.15, 0.2) is 18.5 Å². The Bertz CT molecular complexity index is 369. The van der Waals surface area contributed by atoms with Gasteiger partial charge in [-0.05, 0) is 37.0 Å². The number of carboxylic acids is 1. The summed E-state index contributed by atoms with van der Waals surface area (Å²) in [6, 6.07) is 1.94. The number of pyridine rings is 1. The first-order valence-corrected chi connectivity index (χ1v) is 4.77. The summed E-state index contributed by atoms with van der Waals surface area (Å²) in [5.41, 5.74) is 2.16. The lowest BCUT2D eigenvalue weighted by Gasteiger charge is -2.14. The molecule has 1 aliphatic rings. The summed E-state index contributed by atoms with van der Waals surface area (Å²) in [6.45, 7) is 2.01. The van der Waals surface area contributed by atoms with Crippen molar-refractivity contribution >= 4 is 5.97 Å². The maximum absolute atomic E-state index is 10.7. The number of rotatable bonds is 3. The molecule has 3 heteroatoms. The zero-order valence-corrected chi connectivity index (χ0v) is 8.16. The van der Waals surface area contributed by atoms with Crippen LogP contribution in [0.2, 0.25) is 0 Å². The highest BCUT2D eigenvalue weighted by atomic mass is 16.4. The zero-order chi connectivity index (χ0) is 10.2. The van der Waals surface area contributed by atoms with E-state index in [4.69, 9.17) is 5.11 Å². The molecule has 0 aliphatic heterocycles. The minimum Gasteiger partial charge on any atom is -0.481 e. The van der Waals surface area contributed by atoms with Crippen molar-refractivity contribution in [1.29, 1.82) is 0 Å². The summed E-state index contributed by atoms with van der Waals surface area (Å²) in [5, 5.41) is 8.82. The number of carbonyl (C=O) groups is 1. The molecule has 0 saturated heterocycles. The smallest absolute Gasteiger partial charge is 0.304 e. The zero-order valence-electron chi connectivity index (χ0n) is 8.16. The first-order chi connectivity index (χ1) is 6.64. The van der Waals surface area contributed by atoms with Gasteiger partial charge in [-0.1, -0.05) is 0 Å². The molecule has 1 saturated carbocycles. The highest BCUT2D eigenvalue weighted by molar-refractivity contribution is 5.70. The SMILES string of the molecule is Cc1ccncc1C1(CC(=O)O)CC1. The molecule has 1 heterocycles. The number of hydrogen-bond acceptors (Lipinski definition) is 2. The van der Waals surface area contributed by atoms with E-state index in [2.05, 4.69) is 4.98 Å². The van der Waals surface area contributed by atoms with Gasteiger partial charge in [-0.15, -0.1) is 0 Å². The Hall–Kier alpha value is -1.38. The van der Waals surface area contributed by atoms with Crippen LogP contribution in [0, 0.1) is 6.92 Å². The van der Waals surface area contributed by atoms with E-state index in [-0.39, 0.29) is 11.8 Å². The minimum absolute atomic E-state index is 0.107. The summed E-state index contributed by atoms with van der Waals surface area (Å²) in [4.78, 5) is 14.8. The Balaban J connectivity index is 2.31. The molecule has 2 rings (SSSR count). The summed E-state index contributed by atoms with van der Waals surface area (Å²) in [5.74, 6) is -0.717. The Kier molecular flexibility index (Phi) is 2.02. The maximum Gasteiger partial charge on any atom is 0.304 e. The predicted molar refractivity (Wildman–Crippen MR) is 52.1 cm³/mol. The van der Waals surface area contributed by atoms with E-state index in [0.717, 1.165) is 24.0 Å². The summed E-state index contributed by atoms with van der Waals surface area (Å²) >= 11 is 0. The fourth-order valence-corrected chi connectivity index (χ4v) is 2.00. The van der Waals surface area contributed by atoms with Crippen molar-refractivity contribution in [2.45, 2.75) is 31.6 Å². The average molecular weight is 191 g/mol. The van der Waals surface area contributed by atoms with Gasteiger partial charge in [-0.25, -0.2) is 0 Å². The van der Waals surface area contributed by atoms with Crippen LogP contribution in [-0.4, -0.2) is 16.1 Å². The molecule has 0 radical (unpaired) electrons. The lowest BCUT2D eigenvalue weighted by atomic mass is 9.91. The van der Waals surface area contributed by atoms with E-state index < -0.39 is 5.97 Å². The topological polar surface area (TPSA) is 50.2 Å². The number of carboxylic acid groups (broad SMARTS) is 1. The molecule has 0 bridgehead atoms. The van der Waals surface area contributed by atoms with Crippen molar-refractivity contribution in [2.75, 3.05) is 0 Å². The van der Waals surface area contributed by atoms with Crippen molar-refractivity contribution in [2.24, 2.45) is 0 Å². The standard InChI is InChI=1S/C11H13NO2/c1-8-2-5-12-7-9(8)11(3-4-11)6-10(13)14/h2,5,7H,3-4,6H2,1H3,(H,13,14). The van der Waals surface area contributed by atoms with E-state index >= 15 is 0 Å². The summed E-state index contributed by atoms with van der Waals surface area (Å²) in [6.07, 6.45) is 5.75. The maximum atomic E-state index is 10.7. The fraction of sp³-hybridized carbons (Fsp3) is 0.455. The van der Waals surface area contributed by atoms with E-state index in [1.54, 1.807) is 6.20 Å². The lowest BCUT2D eigenvalue weighted by Crippen LogP contribution is -2.14. The molecule has 74 valence electrons. The van der Waals surface area contributed by atoms with Gasteiger partial charge in [0.05, 0.1) is 6.42 Å². The molecule has 0 unspecified atom stereocenters. The fourth-order valence-electron chi connectivity index (χ4n) is 2.00. The lowest BCUT2D eigenvalue weighted by molar-refractivity contribution is -0.137. The van der Waals surface area contributed by atoms with Crippen LogP contribution in [0.3, 0.4) is 0 Å². The van der Waals surface area contributed by atoms with Crippen molar-refractivity contribution in [3.63, 3.8) is 0 Å². The second-order valence-corrected chi connectivity index (χ2v) is 4.04. The van der Waals surface area contributed by atoms with Crippen LogP contribution in [0.4, 0.5) is 0 Å². The van der Waals surface area contributed by atoms with Crippen LogP contribution in [0.5, 0.6) is 0 Å². The molecule has 0 atom stereocenters. The van der Waals surface area contributed by atoms with Crippen LogP contribution in [0.25, 0.3) is 0 Å². The van der Waals surface area contributed by atoms with Crippen molar-refractivity contribution < 1.29 is 9.90 Å². The van der Waals surface area contributed by atoms with Crippen LogP contribution in [-0.2, 0) is 10.2 Å². The normalized spacial score (nSPS) is 17.8. The van der Waals surface area contributed by atoms with Gasteiger partial charge in [0.15, 0.2) is 0 Å². The third kappa shape index (κ3) is 1.50. The quantitative estimate of drug-likeness (QED) is 0.793. The number of aromatic nitrogens is 1. The Labute approximate surface area is 82.8 Å². The molecule has 1 aliphatic carbocycles. The van der Waals surface area contributed by atoms with Gasteiger partial charge >= 0.3 is 5.97 Å². The molecular formula is C11H13NO2. The molecule has 3 nitrogen and oxygen atoms in total. The van der Waals surface area contributed by atoms with Crippen LogP contribution >= 0.6 is 0 Å². The third-order valence-corrected chi connectivity index (χ3v) is 2.95. The summed E-state index contributed by atoms with van der Waals surface area (Å²) in [7, 11) is 0. The van der Waals surface area contributed by atoms with E-state index in [0.29, 0.717) is 0 Å². The number of nitrogens with zero attached hydrogens (tertiary/aromatic N) is 1. The Morgan fingerprint density at radius 3 is 2.86 bits per heavy atom. The van der Waals surface area contributed by atoms with Gasteiger partial charge in [-0.2, -0.15) is 0 Å². The van der Waals surface area contributed by atoms with Crippen molar-refractivity contribution in [3.05, 3.63) is 29.6 Å². The predicted octanol–water partition coefficient (Wildman–Crippen LogP) is 1.90. The second-order valence-electron chi connectivity index (χ2n) is 4.04. The molecule has 1 N–H and O–H groups in total. The van der Waals surface area contributed by atoms with Gasteiger partial charge in [0, 0.05) is 17.8 Å². The monoisotopic (exact) mass is 191 g/mol. The first-order valence-electron chi connectivity index (χ1n) is 4.77. The second kappa shape index (κ2) is 3.08. The Morgan fingerprint density at radius 2 is 2.36 bits per heavy atom. The Morgan fingerprint density at radius 1 is 1.64 bits per heavy atom. The molecule has 0 amide bonds. The number of aryl methyl sites for hydroxylation is 1. The van der Waals surface area contributed by atoms with Crippen molar-refractivity contribution in [3.8, 4) is 0 Å². The van der Waals surface area contributed by atoms with Gasteiger partial charge in [-0.3, -0.25) is 9.78 Å². The first kappa shape index (κ1) is 9.19. The van der Waals surface area contributed by atoms with Gasteiger partial charge < -0.3 is 5.11 Å². The average Bonchev–Trinajstić information content (AvgIpc) is 2.85. The van der Waals surface area contributed by atoms with E-state index in [1.165, 1.54) is 0 Å². The highest BCUT2D eigenvalue weighted by Gasteiger charge is 2.46. The molecule has 14 heavy (non-hydrogen) atoms. The van der Waals surface area contributed by atoms with Gasteiger partial charge in [0.1, 0.15) is 0 Å². The van der Waals surface area contributed by atoms with Crippen LogP contribution < -0.4 is 0 Å². The van der Waals surface area contributed by atoms with E-state index in [9.17, 15) is 4.79 Å². The third-order valence-electron chi connectivity index (χ3n) is 2.95. The van der Waals surface area contributed by atoms with Crippen LogP contribution in [0.1, 0.15) is 30.4 Å². The summed E-state index contributed by atoms with van der Waals surface area (Å²) < 4.78 is 0. The molecule has 1 aromatic heterocycles. The van der Waals surface area contributed by atoms with Crippen molar-refractivity contribution in [1.82, 2.24) is 4.98 Å². The van der Waals surface area contributed by atoms with Gasteiger partial charge in [0.2, 0.25) is 0 Å². The largest absolute Gasteiger partial charge is 0.481 e. The minimum atomic E-state index is -0.717. The van der Waals surface area contributed by atoms with Gasteiger partial charge in [0.25, 0.3) is 0 Å². The molecule has 1 aromatic rings. The molecular weight excluding hydrogens is 178 g/mol. The number of hydrogen-bond donors (Lipinski definition) is 1. The van der Waals surface area contributed by atoms with E-state index in [1.807, 2.05) is 19.2 Å². The molecule has 0 spiro atoms. The highest BCUT2D eigenvalue weighted by Crippen LogP contribution is 2.51. The molecule has 1 fully saturated rings. The number of aliphatic carboxylic acids is 1.